The first kappa shape index (κ1) is 10.0. The molecule has 0 bridgehead atoms. The van der Waals surface area contributed by atoms with Crippen molar-refractivity contribution in [3.63, 3.8) is 0 Å². The maximum Gasteiger partial charge on any atom is 0.491 e. The number of fused-ring (bicyclic) bond motifs is 1. The minimum atomic E-state index is -1.02. The highest BCUT2D eigenvalue weighted by molar-refractivity contribution is 6.61. The molecule has 0 aromatic heterocycles. The zero-order valence-electron chi connectivity index (χ0n) is 7.84. The van der Waals surface area contributed by atoms with E-state index < -0.39 is 13.1 Å². The lowest BCUT2D eigenvalue weighted by Gasteiger charge is -2.04. The number of benzene rings is 1. The fourth-order valence-corrected chi connectivity index (χ4v) is 1.44. The number of carbonyl (C=O) groups is 1. The standard InChI is InChI=1S/C9H9BO5/c11-9(12)5-14-7-1-2-8-6(3-7)4-15-10(8)13/h1-3,13H,4-5H2,(H,11,12). The third kappa shape index (κ3) is 2.11. The molecule has 1 aliphatic rings. The summed E-state index contributed by atoms with van der Waals surface area (Å²) in [7, 11) is -0.881. The average Bonchev–Trinajstić information content (AvgIpc) is 2.57. The quantitative estimate of drug-likeness (QED) is 0.646. The van der Waals surface area contributed by atoms with E-state index in [2.05, 4.69) is 0 Å². The van der Waals surface area contributed by atoms with Crippen LogP contribution in [0.25, 0.3) is 0 Å². The second-order valence-corrected chi connectivity index (χ2v) is 3.21. The van der Waals surface area contributed by atoms with E-state index in [1.807, 2.05) is 0 Å². The summed E-state index contributed by atoms with van der Waals surface area (Å²) in [6, 6.07) is 4.96. The number of rotatable bonds is 3. The van der Waals surface area contributed by atoms with Crippen LogP contribution >= 0.6 is 0 Å². The van der Waals surface area contributed by atoms with E-state index in [9.17, 15) is 9.82 Å². The number of hydrogen-bond acceptors (Lipinski definition) is 4. The lowest BCUT2D eigenvalue weighted by Crippen LogP contribution is -2.27. The summed E-state index contributed by atoms with van der Waals surface area (Å²) < 4.78 is 9.98. The molecule has 0 aliphatic carbocycles. The zero-order chi connectivity index (χ0) is 10.8. The number of aliphatic carboxylic acids is 1. The van der Waals surface area contributed by atoms with Gasteiger partial charge in [0, 0.05) is 0 Å². The summed E-state index contributed by atoms with van der Waals surface area (Å²) in [5.41, 5.74) is 1.53. The Labute approximate surface area is 86.4 Å². The second-order valence-electron chi connectivity index (χ2n) is 3.21. The first-order valence-electron chi connectivity index (χ1n) is 4.44. The van der Waals surface area contributed by atoms with Crippen LogP contribution in [-0.2, 0) is 16.1 Å². The Morgan fingerprint density at radius 2 is 2.40 bits per heavy atom. The van der Waals surface area contributed by atoms with E-state index in [-0.39, 0.29) is 6.61 Å². The number of carboxylic acid groups (broad SMARTS) is 1. The van der Waals surface area contributed by atoms with E-state index in [4.69, 9.17) is 14.5 Å². The monoisotopic (exact) mass is 208 g/mol. The average molecular weight is 208 g/mol. The zero-order valence-corrected chi connectivity index (χ0v) is 7.84. The van der Waals surface area contributed by atoms with Gasteiger partial charge in [-0.2, -0.15) is 0 Å². The van der Waals surface area contributed by atoms with E-state index in [0.717, 1.165) is 5.56 Å². The maximum absolute atomic E-state index is 10.3. The van der Waals surface area contributed by atoms with Crippen LogP contribution in [0, 0.1) is 0 Å². The summed E-state index contributed by atoms with van der Waals surface area (Å²) in [6.07, 6.45) is 0. The van der Waals surface area contributed by atoms with Crippen LogP contribution in [0.5, 0.6) is 5.75 Å². The lowest BCUT2D eigenvalue weighted by molar-refractivity contribution is -0.139. The van der Waals surface area contributed by atoms with Crippen molar-refractivity contribution < 1.29 is 24.3 Å². The summed E-state index contributed by atoms with van der Waals surface area (Å²) in [5, 5.41) is 17.8. The van der Waals surface area contributed by atoms with Crippen molar-refractivity contribution in [2.45, 2.75) is 6.61 Å². The highest BCUT2D eigenvalue weighted by atomic mass is 16.5. The van der Waals surface area contributed by atoms with Crippen LogP contribution in [0.15, 0.2) is 18.2 Å². The Balaban J connectivity index is 2.12. The summed E-state index contributed by atoms with van der Waals surface area (Å²) >= 11 is 0. The molecular formula is C9H9BO5. The molecule has 0 spiro atoms. The van der Waals surface area contributed by atoms with Crippen molar-refractivity contribution in [3.8, 4) is 5.75 Å². The van der Waals surface area contributed by atoms with Crippen LogP contribution in [0.4, 0.5) is 0 Å². The highest BCUT2D eigenvalue weighted by Gasteiger charge is 2.27. The van der Waals surface area contributed by atoms with Gasteiger partial charge >= 0.3 is 13.1 Å². The SMILES string of the molecule is O=C(O)COc1ccc2c(c1)COB2O. The summed E-state index contributed by atoms with van der Waals surface area (Å²) in [6.45, 7) is -0.0526. The van der Waals surface area contributed by atoms with Gasteiger partial charge in [0.05, 0.1) is 6.61 Å². The van der Waals surface area contributed by atoms with E-state index >= 15 is 0 Å². The van der Waals surface area contributed by atoms with Crippen molar-refractivity contribution >= 4 is 18.6 Å². The molecule has 0 radical (unpaired) electrons. The van der Waals surface area contributed by atoms with Gasteiger partial charge in [0.1, 0.15) is 5.75 Å². The van der Waals surface area contributed by atoms with Gasteiger partial charge in [-0.3, -0.25) is 0 Å². The number of hydrogen-bond donors (Lipinski definition) is 2. The van der Waals surface area contributed by atoms with Crippen molar-refractivity contribution in [1.82, 2.24) is 0 Å². The molecule has 6 heteroatoms. The Morgan fingerprint density at radius 3 is 3.13 bits per heavy atom. The van der Waals surface area contributed by atoms with Gasteiger partial charge in [0.25, 0.3) is 0 Å². The maximum atomic E-state index is 10.3. The van der Waals surface area contributed by atoms with E-state index in [1.165, 1.54) is 0 Å². The second kappa shape index (κ2) is 3.92. The van der Waals surface area contributed by atoms with Crippen LogP contribution < -0.4 is 10.2 Å². The van der Waals surface area contributed by atoms with Gasteiger partial charge in [0.15, 0.2) is 6.61 Å². The van der Waals surface area contributed by atoms with Gasteiger partial charge in [-0.05, 0) is 23.2 Å². The summed E-state index contributed by atoms with van der Waals surface area (Å²) in [5.74, 6) is -0.555. The van der Waals surface area contributed by atoms with Crippen LogP contribution in [0.2, 0.25) is 0 Å². The molecule has 2 N–H and O–H groups in total. The molecule has 1 aromatic rings. The molecule has 0 unspecified atom stereocenters. The third-order valence-electron chi connectivity index (χ3n) is 2.14. The van der Waals surface area contributed by atoms with E-state index in [1.54, 1.807) is 18.2 Å². The minimum Gasteiger partial charge on any atom is -0.482 e. The predicted octanol–water partition coefficient (Wildman–Crippen LogP) is -0.632. The van der Waals surface area contributed by atoms with Crippen molar-refractivity contribution in [1.29, 1.82) is 0 Å². The Kier molecular flexibility index (Phi) is 2.61. The van der Waals surface area contributed by atoms with Crippen molar-refractivity contribution in [2.24, 2.45) is 0 Å². The molecule has 1 aromatic carbocycles. The molecule has 2 rings (SSSR count). The number of carboxylic acids is 1. The number of ether oxygens (including phenoxy) is 1. The van der Waals surface area contributed by atoms with E-state index in [0.29, 0.717) is 17.8 Å². The van der Waals surface area contributed by atoms with Gasteiger partial charge < -0.3 is 19.5 Å². The van der Waals surface area contributed by atoms with Crippen molar-refractivity contribution in [3.05, 3.63) is 23.8 Å². The molecular weight excluding hydrogens is 199 g/mol. The van der Waals surface area contributed by atoms with Gasteiger partial charge in [-0.1, -0.05) is 6.07 Å². The third-order valence-corrected chi connectivity index (χ3v) is 2.14. The fraction of sp³-hybridized carbons (Fsp3) is 0.222. The Bertz CT molecular complexity index is 392. The first-order chi connectivity index (χ1) is 7.16. The minimum absolute atomic E-state index is 0.320. The van der Waals surface area contributed by atoms with Gasteiger partial charge in [-0.25, -0.2) is 4.79 Å². The van der Waals surface area contributed by atoms with Crippen molar-refractivity contribution in [2.75, 3.05) is 6.61 Å². The Morgan fingerprint density at radius 1 is 1.60 bits per heavy atom. The molecule has 78 valence electrons. The predicted molar refractivity (Wildman–Crippen MR) is 52.0 cm³/mol. The topological polar surface area (TPSA) is 76.0 Å². The normalized spacial score (nSPS) is 13.8. The van der Waals surface area contributed by atoms with Crippen LogP contribution in [-0.4, -0.2) is 29.8 Å². The van der Waals surface area contributed by atoms with Gasteiger partial charge in [-0.15, -0.1) is 0 Å². The van der Waals surface area contributed by atoms with Crippen LogP contribution in [0.1, 0.15) is 5.56 Å². The lowest BCUT2D eigenvalue weighted by atomic mass is 9.80. The molecule has 1 aliphatic heterocycles. The smallest absolute Gasteiger partial charge is 0.482 e. The summed E-state index contributed by atoms with van der Waals surface area (Å²) in [4.78, 5) is 10.3. The van der Waals surface area contributed by atoms with Gasteiger partial charge in [0.2, 0.25) is 0 Å². The highest BCUT2D eigenvalue weighted by Crippen LogP contribution is 2.17. The first-order valence-corrected chi connectivity index (χ1v) is 4.44. The molecule has 0 fully saturated rings. The molecule has 5 nitrogen and oxygen atoms in total. The fourth-order valence-electron chi connectivity index (χ4n) is 1.44. The molecule has 1 heterocycles. The molecule has 0 saturated carbocycles. The van der Waals surface area contributed by atoms with Crippen LogP contribution in [0.3, 0.4) is 0 Å². The molecule has 0 atom stereocenters. The Hall–Kier alpha value is -1.53. The molecule has 15 heavy (non-hydrogen) atoms. The molecule has 0 saturated heterocycles. The largest absolute Gasteiger partial charge is 0.491 e. The molecule has 0 amide bonds.